The first-order valence-corrected chi connectivity index (χ1v) is 30.1. The summed E-state index contributed by atoms with van der Waals surface area (Å²) in [5, 5.41) is 28.3. The molecule has 86 heavy (non-hydrogen) atoms. The van der Waals surface area contributed by atoms with Gasteiger partial charge in [-0.1, -0.05) is 99.4 Å². The van der Waals surface area contributed by atoms with Crippen molar-refractivity contribution in [1.29, 1.82) is 0 Å². The van der Waals surface area contributed by atoms with Gasteiger partial charge in [0, 0.05) is 114 Å². The van der Waals surface area contributed by atoms with Crippen molar-refractivity contribution in [2.24, 2.45) is 11.8 Å². The number of carbonyl (C=O) groups excluding carboxylic acids is 4. The molecule has 0 saturated carbocycles. The average molecular weight is 1240 g/mol. The van der Waals surface area contributed by atoms with E-state index in [-0.39, 0.29) is 60.5 Å². The zero-order chi connectivity index (χ0) is 63.8. The maximum Gasteiger partial charge on any atom is 0.255 e. The van der Waals surface area contributed by atoms with Crippen LogP contribution >= 0.6 is 23.2 Å². The zero-order valence-corrected chi connectivity index (χ0v) is 54.1. The van der Waals surface area contributed by atoms with Crippen molar-refractivity contribution >= 4 is 58.2 Å². The fourth-order valence-corrected chi connectivity index (χ4v) is 10.4. The zero-order valence-electron chi connectivity index (χ0n) is 52.5. The van der Waals surface area contributed by atoms with Crippen LogP contribution in [0.15, 0.2) is 84.9 Å². The van der Waals surface area contributed by atoms with E-state index >= 15 is 8.78 Å². The molecule has 3 saturated heterocycles. The highest BCUT2D eigenvalue weighted by Gasteiger charge is 2.48. The third-order valence-corrected chi connectivity index (χ3v) is 15.8. The van der Waals surface area contributed by atoms with E-state index in [2.05, 4.69) is 10.6 Å². The number of nitrogens with one attached hydrogen (secondary N) is 2. The van der Waals surface area contributed by atoms with Crippen LogP contribution in [0, 0.1) is 23.5 Å². The SMILES string of the molecule is CC(C)[C@H](NC(=O)CCN(C)C)c1cccc(F)c1N1CCN(C(=O)[C@@H](O)[C@H](O)c2ccc(Cl)cc2)CC1.CC(C)[C@H](NC(=O)CCN(C)C)c1cccc(F)c1N1CCN(C(=O)[C@H]2OC(C)(C)O[C@@H]2c2ccc(Cl)cc2)CC1.COC(C)(C)OC. The predicted octanol–water partition coefficient (Wildman–Crippen LogP) is 8.79. The molecule has 4 aromatic rings. The minimum absolute atomic E-state index is 0.0197. The average Bonchev–Trinajstić information content (AvgIpc) is 2.41. The summed E-state index contributed by atoms with van der Waals surface area (Å²) in [7, 11) is 10.9. The smallest absolute Gasteiger partial charge is 0.255 e. The molecule has 0 unspecified atom stereocenters. The quantitative estimate of drug-likeness (QED) is 0.0580. The minimum Gasteiger partial charge on any atom is -0.385 e. The number of aliphatic hydroxyl groups excluding tert-OH is 2. The number of ether oxygens (including phenoxy) is 4. The highest BCUT2D eigenvalue weighted by atomic mass is 35.5. The Morgan fingerprint density at radius 3 is 1.44 bits per heavy atom. The highest BCUT2D eigenvalue weighted by molar-refractivity contribution is 6.30. The van der Waals surface area contributed by atoms with Crippen LogP contribution in [0.2, 0.25) is 10.0 Å². The number of amides is 4. The Balaban J connectivity index is 0.000000283. The number of halogens is 4. The van der Waals surface area contributed by atoms with Crippen molar-refractivity contribution in [3.8, 4) is 0 Å². The van der Waals surface area contributed by atoms with Crippen LogP contribution < -0.4 is 20.4 Å². The van der Waals surface area contributed by atoms with E-state index in [0.717, 1.165) is 11.1 Å². The molecule has 0 bridgehead atoms. The topological polar surface area (TPSA) is 189 Å². The first-order valence-electron chi connectivity index (χ1n) is 29.3. The van der Waals surface area contributed by atoms with Crippen molar-refractivity contribution in [2.75, 3.05) is 118 Å². The van der Waals surface area contributed by atoms with E-state index in [1.54, 1.807) is 81.5 Å². The van der Waals surface area contributed by atoms with E-state index < -0.39 is 47.7 Å². The minimum atomic E-state index is -1.63. The third kappa shape index (κ3) is 20.3. The van der Waals surface area contributed by atoms with E-state index in [1.807, 2.05) is 114 Å². The molecule has 4 aromatic carbocycles. The number of nitrogens with zero attached hydrogens (tertiary/aromatic N) is 6. The molecule has 18 nitrogen and oxygen atoms in total. The van der Waals surface area contributed by atoms with Crippen molar-refractivity contribution in [1.82, 2.24) is 30.2 Å². The predicted molar refractivity (Wildman–Crippen MR) is 333 cm³/mol. The lowest BCUT2D eigenvalue weighted by Crippen LogP contribution is -2.53. The standard InChI is InChI=1S/C31H42ClFN4O4.C28H38ClFN4O4.C5H12O2/c1-20(2)26(34-25(38)14-15-35(5)6)23-8-7-9-24(33)27(23)36-16-18-37(19-17-36)30(39)29-28(40-31(3,4)41-29)21-10-12-22(32)13-11-21;1-18(2)24(31-23(35)12-13-32(3)4)21-6-5-7-22(30)25(21)33-14-16-34(17-15-33)28(38)27(37)26(36)19-8-10-20(29)11-9-19;1-5(2,6-3)7-4/h7-13,20,26,28-29H,14-19H2,1-6H3,(H,34,38);5-11,18,24,26-27,36-37H,12-17H2,1-4H3,(H,31,35);1-4H3/t26-,28+,29-;24-,26+,27-;/m00./s1. The number of aliphatic hydroxyl groups is 2. The first kappa shape index (κ1) is 71.2. The van der Waals surface area contributed by atoms with E-state index in [4.69, 9.17) is 42.1 Å². The summed E-state index contributed by atoms with van der Waals surface area (Å²) < 4.78 is 52.6. The van der Waals surface area contributed by atoms with E-state index in [1.165, 1.54) is 17.0 Å². The molecular weight excluding hydrogens is 1150 g/mol. The largest absolute Gasteiger partial charge is 0.385 e. The van der Waals surface area contributed by atoms with Crippen molar-refractivity contribution in [3.63, 3.8) is 0 Å². The van der Waals surface area contributed by atoms with Crippen LogP contribution in [0.25, 0.3) is 0 Å². The number of piperazine rings is 2. The van der Waals surface area contributed by atoms with Crippen molar-refractivity contribution in [3.05, 3.63) is 129 Å². The van der Waals surface area contributed by atoms with Gasteiger partial charge in [0.15, 0.2) is 23.8 Å². The van der Waals surface area contributed by atoms with Crippen LogP contribution in [0.3, 0.4) is 0 Å². The van der Waals surface area contributed by atoms with Gasteiger partial charge in [0.2, 0.25) is 11.8 Å². The third-order valence-electron chi connectivity index (χ3n) is 15.3. The molecule has 3 aliphatic heterocycles. The van der Waals surface area contributed by atoms with Crippen LogP contribution in [0.4, 0.5) is 20.2 Å². The summed E-state index contributed by atoms with van der Waals surface area (Å²) in [4.78, 5) is 63.0. The second kappa shape index (κ2) is 32.6. The molecule has 3 heterocycles. The number of hydrogen-bond donors (Lipinski definition) is 4. The molecule has 0 spiro atoms. The summed E-state index contributed by atoms with van der Waals surface area (Å²) in [5.74, 6) is -2.92. The molecule has 0 aromatic heterocycles. The molecule has 3 fully saturated rings. The monoisotopic (exact) mass is 1240 g/mol. The molecule has 3 aliphatic rings. The van der Waals surface area contributed by atoms with Gasteiger partial charge in [-0.05, 0) is 115 Å². The van der Waals surface area contributed by atoms with E-state index in [0.29, 0.717) is 97.7 Å². The van der Waals surface area contributed by atoms with Gasteiger partial charge in [0.05, 0.1) is 23.5 Å². The van der Waals surface area contributed by atoms with Crippen LogP contribution in [0.1, 0.15) is 115 Å². The molecular formula is C64H92Cl2F2N8O10. The summed E-state index contributed by atoms with van der Waals surface area (Å²) in [6.45, 7) is 19.4. The number of para-hydroxylation sites is 2. The second-order valence-electron chi connectivity index (χ2n) is 23.9. The van der Waals surface area contributed by atoms with Gasteiger partial charge in [-0.3, -0.25) is 19.2 Å². The molecule has 476 valence electrons. The molecule has 22 heteroatoms. The molecule has 4 amide bonds. The van der Waals surface area contributed by atoms with Gasteiger partial charge >= 0.3 is 0 Å². The second-order valence-corrected chi connectivity index (χ2v) is 24.8. The summed E-state index contributed by atoms with van der Waals surface area (Å²) in [6.07, 6.45) is -3.68. The Labute approximate surface area is 517 Å². The van der Waals surface area contributed by atoms with Gasteiger partial charge in [-0.2, -0.15) is 0 Å². The number of anilines is 2. The number of methoxy groups -OCH3 is 2. The normalized spacial score (nSPS) is 18.5. The van der Waals surface area contributed by atoms with Crippen LogP contribution in [0.5, 0.6) is 0 Å². The number of hydrogen-bond acceptors (Lipinski definition) is 14. The van der Waals surface area contributed by atoms with Gasteiger partial charge < -0.3 is 69.2 Å². The van der Waals surface area contributed by atoms with Gasteiger partial charge in [0.1, 0.15) is 23.8 Å². The Morgan fingerprint density at radius 1 is 0.651 bits per heavy atom. The fraction of sp³-hybridized carbons (Fsp3) is 0.562. The molecule has 0 radical (unpaired) electrons. The molecule has 4 N–H and O–H groups in total. The molecule has 6 atom stereocenters. The number of benzene rings is 4. The lowest BCUT2D eigenvalue weighted by Gasteiger charge is -2.39. The Bertz CT molecular complexity index is 2810. The maximum atomic E-state index is 15.4. The first-order chi connectivity index (χ1) is 40.5. The van der Waals surface area contributed by atoms with Gasteiger partial charge in [-0.25, -0.2) is 8.78 Å². The lowest BCUT2D eigenvalue weighted by atomic mass is 9.93. The number of rotatable bonds is 21. The lowest BCUT2D eigenvalue weighted by molar-refractivity contribution is -0.178. The summed E-state index contributed by atoms with van der Waals surface area (Å²) >= 11 is 11.9. The summed E-state index contributed by atoms with van der Waals surface area (Å²) in [6, 6.07) is 22.7. The Hall–Kier alpha value is -5.52. The fourth-order valence-electron chi connectivity index (χ4n) is 10.1. The number of carbonyl (C=O) groups is 4. The summed E-state index contributed by atoms with van der Waals surface area (Å²) in [5.41, 5.74) is 3.53. The molecule has 7 rings (SSSR count). The van der Waals surface area contributed by atoms with Crippen molar-refractivity contribution < 1.29 is 57.1 Å². The Morgan fingerprint density at radius 2 is 1.06 bits per heavy atom. The molecule has 0 aliphatic carbocycles. The van der Waals surface area contributed by atoms with Crippen LogP contribution in [-0.2, 0) is 38.1 Å². The highest BCUT2D eigenvalue weighted by Crippen LogP contribution is 2.41. The Kier molecular flexibility index (Phi) is 27.0. The maximum absolute atomic E-state index is 15.4. The van der Waals surface area contributed by atoms with E-state index in [9.17, 15) is 29.4 Å². The van der Waals surface area contributed by atoms with Crippen molar-refractivity contribution in [2.45, 2.75) is 116 Å². The van der Waals surface area contributed by atoms with Gasteiger partial charge in [-0.15, -0.1) is 0 Å². The van der Waals surface area contributed by atoms with Crippen LogP contribution in [-0.4, -0.2) is 185 Å². The van der Waals surface area contributed by atoms with Gasteiger partial charge in [0.25, 0.3) is 11.8 Å².